The molecule has 0 saturated carbocycles. The first-order valence-corrected chi connectivity index (χ1v) is 5.86. The van der Waals surface area contributed by atoms with Crippen LogP contribution < -0.4 is 10.6 Å². The lowest BCUT2D eigenvalue weighted by Gasteiger charge is -2.12. The molecule has 0 aliphatic carbocycles. The maximum atomic E-state index is 11.8. The van der Waals surface area contributed by atoms with Crippen molar-refractivity contribution in [2.75, 3.05) is 39.5 Å². The number of carbonyl (C=O) groups is 1. The van der Waals surface area contributed by atoms with Crippen molar-refractivity contribution in [1.82, 2.24) is 10.2 Å². The van der Waals surface area contributed by atoms with E-state index in [4.69, 9.17) is 0 Å². The van der Waals surface area contributed by atoms with Gasteiger partial charge in [-0.15, -0.1) is 0 Å². The first-order chi connectivity index (χ1) is 8.97. The molecule has 0 radical (unpaired) electrons. The molecule has 0 heterocycles. The molecule has 1 aromatic rings. The quantitative estimate of drug-likeness (QED) is 0.454. The molecule has 0 spiro atoms. The summed E-state index contributed by atoms with van der Waals surface area (Å²) in [5.74, 6) is -0.188. The minimum atomic E-state index is -0.467. The monoisotopic (exact) mass is 266 g/mol. The number of benzene rings is 1. The summed E-state index contributed by atoms with van der Waals surface area (Å²) in [4.78, 5) is 23.7. The number of amides is 1. The largest absolute Gasteiger partial charge is 0.378 e. The van der Waals surface area contributed by atoms with Crippen molar-refractivity contribution in [2.45, 2.75) is 0 Å². The van der Waals surface area contributed by atoms with Crippen LogP contribution in [-0.4, -0.2) is 50.0 Å². The van der Waals surface area contributed by atoms with Gasteiger partial charge in [0.1, 0.15) is 5.69 Å². The lowest BCUT2D eigenvalue weighted by atomic mass is 10.1. The average molecular weight is 266 g/mol. The SMILES string of the molecule is CNCCNc1cc(C(=O)N(C)C)ccc1[N+](=O)[O-]. The fourth-order valence-corrected chi connectivity index (χ4v) is 1.55. The molecule has 0 aromatic heterocycles. The van der Waals surface area contributed by atoms with Gasteiger partial charge in [-0.1, -0.05) is 0 Å². The minimum Gasteiger partial charge on any atom is -0.378 e. The van der Waals surface area contributed by atoms with Crippen molar-refractivity contribution in [1.29, 1.82) is 0 Å². The number of nitrogens with one attached hydrogen (secondary N) is 2. The van der Waals surface area contributed by atoms with Gasteiger partial charge in [-0.3, -0.25) is 14.9 Å². The van der Waals surface area contributed by atoms with Crippen molar-refractivity contribution in [3.63, 3.8) is 0 Å². The van der Waals surface area contributed by atoms with Crippen LogP contribution in [0.1, 0.15) is 10.4 Å². The molecule has 0 bridgehead atoms. The molecule has 1 amide bonds. The topological polar surface area (TPSA) is 87.5 Å². The molecule has 0 aliphatic heterocycles. The van der Waals surface area contributed by atoms with Crippen LogP contribution in [0.2, 0.25) is 0 Å². The van der Waals surface area contributed by atoms with Crippen molar-refractivity contribution in [3.05, 3.63) is 33.9 Å². The Hall–Kier alpha value is -2.15. The van der Waals surface area contributed by atoms with E-state index in [1.807, 2.05) is 0 Å². The third kappa shape index (κ3) is 3.92. The molecular weight excluding hydrogens is 248 g/mol. The molecule has 104 valence electrons. The number of nitro benzene ring substituents is 1. The van der Waals surface area contributed by atoms with Gasteiger partial charge in [-0.25, -0.2) is 0 Å². The van der Waals surface area contributed by atoms with E-state index in [1.165, 1.54) is 23.1 Å². The Morgan fingerprint density at radius 2 is 2.05 bits per heavy atom. The Balaban J connectivity index is 3.03. The zero-order valence-electron chi connectivity index (χ0n) is 11.3. The maximum Gasteiger partial charge on any atom is 0.292 e. The van der Waals surface area contributed by atoms with E-state index in [0.29, 0.717) is 24.3 Å². The number of hydrogen-bond donors (Lipinski definition) is 2. The molecule has 0 fully saturated rings. The van der Waals surface area contributed by atoms with Gasteiger partial charge in [-0.2, -0.15) is 0 Å². The Morgan fingerprint density at radius 1 is 1.37 bits per heavy atom. The van der Waals surface area contributed by atoms with Gasteiger partial charge in [0.2, 0.25) is 0 Å². The number of nitrogens with zero attached hydrogens (tertiary/aromatic N) is 2. The molecule has 7 nitrogen and oxygen atoms in total. The zero-order valence-corrected chi connectivity index (χ0v) is 11.3. The Morgan fingerprint density at radius 3 is 2.58 bits per heavy atom. The van der Waals surface area contributed by atoms with E-state index in [9.17, 15) is 14.9 Å². The van der Waals surface area contributed by atoms with E-state index >= 15 is 0 Å². The highest BCUT2D eigenvalue weighted by molar-refractivity contribution is 5.95. The molecule has 0 saturated heterocycles. The highest BCUT2D eigenvalue weighted by Gasteiger charge is 2.17. The van der Waals surface area contributed by atoms with Crippen molar-refractivity contribution < 1.29 is 9.72 Å². The lowest BCUT2D eigenvalue weighted by Crippen LogP contribution is -2.22. The number of carbonyl (C=O) groups excluding carboxylic acids is 1. The van der Waals surface area contributed by atoms with Crippen LogP contribution >= 0.6 is 0 Å². The van der Waals surface area contributed by atoms with Crippen LogP contribution in [-0.2, 0) is 0 Å². The highest BCUT2D eigenvalue weighted by atomic mass is 16.6. The van der Waals surface area contributed by atoms with Crippen molar-refractivity contribution in [2.24, 2.45) is 0 Å². The third-order valence-electron chi connectivity index (χ3n) is 2.54. The van der Waals surface area contributed by atoms with Crippen molar-refractivity contribution in [3.8, 4) is 0 Å². The van der Waals surface area contributed by atoms with E-state index in [2.05, 4.69) is 10.6 Å². The summed E-state index contributed by atoms with van der Waals surface area (Å²) in [5.41, 5.74) is 0.738. The van der Waals surface area contributed by atoms with Gasteiger partial charge < -0.3 is 15.5 Å². The number of anilines is 1. The Labute approximate surface area is 111 Å². The Kier molecular flexibility index (Phi) is 5.25. The molecular formula is C12H18N4O3. The van der Waals surface area contributed by atoms with Gasteiger partial charge in [0, 0.05) is 38.8 Å². The number of rotatable bonds is 6. The van der Waals surface area contributed by atoms with Gasteiger partial charge in [0.05, 0.1) is 4.92 Å². The smallest absolute Gasteiger partial charge is 0.292 e. The summed E-state index contributed by atoms with van der Waals surface area (Å²) < 4.78 is 0. The van der Waals surface area contributed by atoms with Crippen molar-refractivity contribution >= 4 is 17.3 Å². The summed E-state index contributed by atoms with van der Waals surface area (Å²) in [6.45, 7) is 1.21. The normalized spacial score (nSPS) is 10.1. The van der Waals surface area contributed by atoms with Crippen LogP contribution in [0, 0.1) is 10.1 Å². The second kappa shape index (κ2) is 6.69. The van der Waals surface area contributed by atoms with E-state index in [1.54, 1.807) is 21.1 Å². The fraction of sp³-hybridized carbons (Fsp3) is 0.417. The Bertz CT molecular complexity index is 474. The third-order valence-corrected chi connectivity index (χ3v) is 2.54. The average Bonchev–Trinajstić information content (AvgIpc) is 2.37. The molecule has 0 atom stereocenters. The number of hydrogen-bond acceptors (Lipinski definition) is 5. The predicted molar refractivity (Wildman–Crippen MR) is 73.5 cm³/mol. The van der Waals surface area contributed by atoms with Gasteiger partial charge in [-0.05, 0) is 19.2 Å². The lowest BCUT2D eigenvalue weighted by molar-refractivity contribution is -0.384. The fourth-order valence-electron chi connectivity index (χ4n) is 1.55. The summed E-state index contributed by atoms with van der Waals surface area (Å²) in [6.07, 6.45) is 0. The summed E-state index contributed by atoms with van der Waals surface area (Å²) >= 11 is 0. The minimum absolute atomic E-state index is 0.0357. The molecule has 1 rings (SSSR count). The molecule has 1 aromatic carbocycles. The van der Waals surface area contributed by atoms with E-state index in [-0.39, 0.29) is 11.6 Å². The van der Waals surface area contributed by atoms with Crippen LogP contribution in [0.4, 0.5) is 11.4 Å². The van der Waals surface area contributed by atoms with Gasteiger partial charge in [0.25, 0.3) is 11.6 Å². The molecule has 0 aliphatic rings. The molecule has 0 unspecified atom stereocenters. The maximum absolute atomic E-state index is 11.8. The van der Waals surface area contributed by atoms with Crippen LogP contribution in [0.5, 0.6) is 0 Å². The standard InChI is InChI=1S/C12H18N4O3/c1-13-6-7-14-10-8-9(12(17)15(2)3)4-5-11(10)16(18)19/h4-5,8,13-14H,6-7H2,1-3H3. The summed E-state index contributed by atoms with van der Waals surface area (Å²) in [5, 5.41) is 16.8. The second-order valence-corrected chi connectivity index (χ2v) is 4.22. The highest BCUT2D eigenvalue weighted by Crippen LogP contribution is 2.25. The van der Waals surface area contributed by atoms with E-state index in [0.717, 1.165) is 0 Å². The molecule has 19 heavy (non-hydrogen) atoms. The molecule has 7 heteroatoms. The number of likely N-dealkylation sites (N-methyl/N-ethyl adjacent to an activating group) is 1. The van der Waals surface area contributed by atoms with Crippen LogP contribution in [0.25, 0.3) is 0 Å². The van der Waals surface area contributed by atoms with E-state index < -0.39 is 4.92 Å². The first kappa shape index (κ1) is 14.9. The predicted octanol–water partition coefficient (Wildman–Crippen LogP) is 0.928. The molecule has 2 N–H and O–H groups in total. The van der Waals surface area contributed by atoms with Gasteiger partial charge >= 0.3 is 0 Å². The van der Waals surface area contributed by atoms with Crippen LogP contribution in [0.15, 0.2) is 18.2 Å². The second-order valence-electron chi connectivity index (χ2n) is 4.22. The van der Waals surface area contributed by atoms with Gasteiger partial charge in [0.15, 0.2) is 0 Å². The summed E-state index contributed by atoms with van der Waals surface area (Å²) in [7, 11) is 5.07. The van der Waals surface area contributed by atoms with Crippen LogP contribution in [0.3, 0.4) is 0 Å². The first-order valence-electron chi connectivity index (χ1n) is 5.86. The number of nitro groups is 1. The zero-order chi connectivity index (χ0) is 14.4. The summed E-state index contributed by atoms with van der Waals surface area (Å²) in [6, 6.07) is 4.32.